The molecule has 6 nitrogen and oxygen atoms in total. The third-order valence-corrected chi connectivity index (χ3v) is 5.12. The van der Waals surface area contributed by atoms with Crippen LogP contribution in [0, 0.1) is 0 Å². The Morgan fingerprint density at radius 3 is 2.50 bits per heavy atom. The largest absolute Gasteiger partial charge is 0.377 e. The molecule has 0 bridgehead atoms. The van der Waals surface area contributed by atoms with Crippen LogP contribution in [-0.2, 0) is 13.1 Å². The molecule has 0 saturated heterocycles. The number of nitrogens with zero attached hydrogens (tertiary/aromatic N) is 4. The van der Waals surface area contributed by atoms with Crippen molar-refractivity contribution in [2.24, 2.45) is 0 Å². The van der Waals surface area contributed by atoms with Crippen molar-refractivity contribution in [3.63, 3.8) is 0 Å². The summed E-state index contributed by atoms with van der Waals surface area (Å²) in [6, 6.07) is 22.1. The van der Waals surface area contributed by atoms with Gasteiger partial charge in [-0.2, -0.15) is 0 Å². The molecule has 0 aliphatic carbocycles. The Morgan fingerprint density at radius 2 is 1.64 bits per heavy atom. The predicted molar refractivity (Wildman–Crippen MR) is 112 cm³/mol. The number of nitrogens with one attached hydrogen (secondary N) is 1. The average molecular weight is 369 g/mol. The lowest BCUT2D eigenvalue weighted by Crippen LogP contribution is -2.22. The van der Waals surface area contributed by atoms with Crippen LogP contribution < -0.4 is 10.9 Å². The molecular formula is C22H19N5O. The topological polar surface area (TPSA) is 64.2 Å². The molecular weight excluding hydrogens is 350 g/mol. The van der Waals surface area contributed by atoms with Gasteiger partial charge in [0.25, 0.3) is 5.56 Å². The van der Waals surface area contributed by atoms with Gasteiger partial charge in [-0.15, -0.1) is 10.2 Å². The van der Waals surface area contributed by atoms with Crippen molar-refractivity contribution in [1.29, 1.82) is 0 Å². The Bertz CT molecular complexity index is 1380. The van der Waals surface area contributed by atoms with Crippen LogP contribution in [0.3, 0.4) is 0 Å². The van der Waals surface area contributed by atoms with E-state index < -0.39 is 0 Å². The smallest absolute Gasteiger partial charge is 0.262 e. The minimum atomic E-state index is -0.0356. The fourth-order valence-electron chi connectivity index (χ4n) is 3.77. The zero-order valence-corrected chi connectivity index (χ0v) is 15.5. The number of benzene rings is 3. The fourth-order valence-corrected chi connectivity index (χ4v) is 3.77. The van der Waals surface area contributed by atoms with Crippen LogP contribution in [0.25, 0.3) is 27.5 Å². The molecule has 0 radical (unpaired) electrons. The predicted octanol–water partition coefficient (Wildman–Crippen LogP) is 3.83. The Morgan fingerprint density at radius 1 is 0.893 bits per heavy atom. The van der Waals surface area contributed by atoms with Crippen molar-refractivity contribution in [2.75, 3.05) is 5.32 Å². The number of rotatable bonds is 4. The summed E-state index contributed by atoms with van der Waals surface area (Å²) in [6.07, 6.45) is 0. The molecule has 2 heterocycles. The van der Waals surface area contributed by atoms with Gasteiger partial charge in [-0.3, -0.25) is 13.8 Å². The lowest BCUT2D eigenvalue weighted by atomic mass is 10.1. The van der Waals surface area contributed by atoms with E-state index in [1.165, 1.54) is 5.39 Å². The highest BCUT2D eigenvalue weighted by Crippen LogP contribution is 2.23. The third kappa shape index (κ3) is 2.45. The first-order valence-corrected chi connectivity index (χ1v) is 9.35. The SMILES string of the molecule is CCn1c(=O)c2ccccc2n2c(CNc3cccc4ccccc34)nnc12. The number of hydrogen-bond acceptors (Lipinski definition) is 4. The van der Waals surface area contributed by atoms with E-state index >= 15 is 0 Å². The summed E-state index contributed by atoms with van der Waals surface area (Å²) < 4.78 is 3.63. The Kier molecular flexibility index (Phi) is 3.83. The van der Waals surface area contributed by atoms with E-state index in [9.17, 15) is 4.79 Å². The number of para-hydroxylation sites is 1. The van der Waals surface area contributed by atoms with Crippen molar-refractivity contribution in [3.8, 4) is 0 Å². The average Bonchev–Trinajstić information content (AvgIpc) is 3.16. The molecule has 1 N–H and O–H groups in total. The van der Waals surface area contributed by atoms with Crippen molar-refractivity contribution in [3.05, 3.63) is 82.9 Å². The van der Waals surface area contributed by atoms with E-state index in [0.717, 1.165) is 22.4 Å². The normalized spacial score (nSPS) is 11.5. The molecule has 0 saturated carbocycles. The van der Waals surface area contributed by atoms with E-state index in [2.05, 4.69) is 39.8 Å². The molecule has 3 aromatic carbocycles. The highest BCUT2D eigenvalue weighted by Gasteiger charge is 2.15. The van der Waals surface area contributed by atoms with Crippen LogP contribution in [-0.4, -0.2) is 19.2 Å². The molecule has 0 aliphatic rings. The molecule has 28 heavy (non-hydrogen) atoms. The molecule has 138 valence electrons. The van der Waals surface area contributed by atoms with E-state index in [4.69, 9.17) is 0 Å². The standard InChI is InChI=1S/C22H19N5O/c1-2-26-21(28)17-11-5-6-13-19(17)27-20(24-25-22(26)27)14-23-18-12-7-9-15-8-3-4-10-16(15)18/h3-13,23H,2,14H2,1H3. The summed E-state index contributed by atoms with van der Waals surface area (Å²) in [5.74, 6) is 1.34. The summed E-state index contributed by atoms with van der Waals surface area (Å²) in [5.41, 5.74) is 1.83. The zero-order chi connectivity index (χ0) is 19.1. The summed E-state index contributed by atoms with van der Waals surface area (Å²) in [5, 5.41) is 15.2. The lowest BCUT2D eigenvalue weighted by Gasteiger charge is -2.11. The Labute approximate surface area is 161 Å². The van der Waals surface area contributed by atoms with Crippen LogP contribution >= 0.6 is 0 Å². The van der Waals surface area contributed by atoms with Crippen molar-refractivity contribution >= 4 is 33.1 Å². The molecule has 0 unspecified atom stereocenters. The zero-order valence-electron chi connectivity index (χ0n) is 15.5. The number of aromatic nitrogens is 4. The molecule has 0 amide bonds. The Balaban J connectivity index is 1.64. The minimum absolute atomic E-state index is 0.0356. The highest BCUT2D eigenvalue weighted by molar-refractivity contribution is 5.93. The first kappa shape index (κ1) is 16.5. The first-order valence-electron chi connectivity index (χ1n) is 9.35. The van der Waals surface area contributed by atoms with Gasteiger partial charge in [0.1, 0.15) is 0 Å². The summed E-state index contributed by atoms with van der Waals surface area (Å²) in [4.78, 5) is 12.8. The summed E-state index contributed by atoms with van der Waals surface area (Å²) in [7, 11) is 0. The van der Waals surface area contributed by atoms with Crippen LogP contribution in [0.2, 0.25) is 0 Å². The van der Waals surface area contributed by atoms with Gasteiger partial charge in [0.05, 0.1) is 17.4 Å². The third-order valence-electron chi connectivity index (χ3n) is 5.12. The molecule has 0 fully saturated rings. The number of hydrogen-bond donors (Lipinski definition) is 1. The molecule has 5 rings (SSSR count). The van der Waals surface area contributed by atoms with Gasteiger partial charge in [0.2, 0.25) is 5.78 Å². The van der Waals surface area contributed by atoms with Gasteiger partial charge >= 0.3 is 0 Å². The van der Waals surface area contributed by atoms with Gasteiger partial charge in [-0.1, -0.05) is 48.5 Å². The quantitative estimate of drug-likeness (QED) is 0.523. The second-order valence-electron chi connectivity index (χ2n) is 6.70. The van der Waals surface area contributed by atoms with Gasteiger partial charge < -0.3 is 5.32 Å². The van der Waals surface area contributed by atoms with E-state index in [0.29, 0.717) is 24.3 Å². The monoisotopic (exact) mass is 369 g/mol. The van der Waals surface area contributed by atoms with Gasteiger partial charge in [-0.05, 0) is 30.5 Å². The van der Waals surface area contributed by atoms with E-state index in [1.54, 1.807) is 4.57 Å². The maximum Gasteiger partial charge on any atom is 0.262 e. The van der Waals surface area contributed by atoms with Crippen molar-refractivity contribution < 1.29 is 0 Å². The van der Waals surface area contributed by atoms with Gasteiger partial charge in [-0.25, -0.2) is 0 Å². The van der Waals surface area contributed by atoms with Crippen LogP contribution in [0.5, 0.6) is 0 Å². The van der Waals surface area contributed by atoms with E-state index in [-0.39, 0.29) is 5.56 Å². The van der Waals surface area contributed by atoms with Crippen molar-refractivity contribution in [1.82, 2.24) is 19.2 Å². The van der Waals surface area contributed by atoms with Gasteiger partial charge in [0.15, 0.2) is 5.82 Å². The fraction of sp³-hybridized carbons (Fsp3) is 0.136. The summed E-state index contributed by atoms with van der Waals surface area (Å²) >= 11 is 0. The number of anilines is 1. The number of aryl methyl sites for hydroxylation is 1. The van der Waals surface area contributed by atoms with Crippen LogP contribution in [0.4, 0.5) is 5.69 Å². The molecule has 2 aromatic heterocycles. The molecule has 0 spiro atoms. The van der Waals surface area contributed by atoms with Gasteiger partial charge in [0, 0.05) is 17.6 Å². The Hall–Kier alpha value is -3.67. The molecule has 6 heteroatoms. The highest BCUT2D eigenvalue weighted by atomic mass is 16.1. The second-order valence-corrected chi connectivity index (χ2v) is 6.70. The maximum absolute atomic E-state index is 12.8. The van der Waals surface area contributed by atoms with Crippen LogP contribution in [0.15, 0.2) is 71.5 Å². The van der Waals surface area contributed by atoms with Crippen molar-refractivity contribution in [2.45, 2.75) is 20.0 Å². The summed E-state index contributed by atoms with van der Waals surface area (Å²) in [6.45, 7) is 2.99. The maximum atomic E-state index is 12.8. The number of fused-ring (bicyclic) bond motifs is 4. The second kappa shape index (κ2) is 6.49. The lowest BCUT2D eigenvalue weighted by molar-refractivity contribution is 0.734. The first-order chi connectivity index (χ1) is 13.8. The molecule has 0 aliphatic heterocycles. The molecule has 0 atom stereocenters. The minimum Gasteiger partial charge on any atom is -0.377 e. The van der Waals surface area contributed by atoms with Crippen LogP contribution in [0.1, 0.15) is 12.7 Å². The van der Waals surface area contributed by atoms with E-state index in [1.807, 2.05) is 53.8 Å². The molecule has 5 aromatic rings.